The molecule has 1 fully saturated rings. The molecular formula is C31H32N4O5. The molecule has 1 amide bonds. The maximum atomic E-state index is 13.1. The lowest BCUT2D eigenvalue weighted by molar-refractivity contribution is 0.0580. The first-order chi connectivity index (χ1) is 19.2. The molecule has 5 rings (SSSR count). The van der Waals surface area contributed by atoms with Gasteiger partial charge in [-0.2, -0.15) is 0 Å². The van der Waals surface area contributed by atoms with E-state index in [1.807, 2.05) is 55.3 Å². The van der Waals surface area contributed by atoms with Crippen LogP contribution in [0.4, 0.5) is 5.69 Å². The van der Waals surface area contributed by atoms with Crippen molar-refractivity contribution in [2.45, 2.75) is 19.1 Å². The predicted molar refractivity (Wildman–Crippen MR) is 154 cm³/mol. The minimum atomic E-state index is -0.590. The Morgan fingerprint density at radius 1 is 1.05 bits per heavy atom. The molecule has 1 aliphatic rings. The normalized spacial score (nSPS) is 17.8. The number of aromatic amines is 1. The van der Waals surface area contributed by atoms with E-state index in [1.54, 1.807) is 42.3 Å². The van der Waals surface area contributed by atoms with Gasteiger partial charge in [0.05, 0.1) is 41.8 Å². The van der Waals surface area contributed by atoms with Crippen molar-refractivity contribution in [3.05, 3.63) is 94.5 Å². The number of hydrogen-bond acceptors (Lipinski definition) is 7. The number of rotatable bonds is 6. The molecule has 3 aromatic carbocycles. The first-order valence-corrected chi connectivity index (χ1v) is 13.0. The zero-order chi connectivity index (χ0) is 28.6. The molecule has 1 aliphatic heterocycles. The van der Waals surface area contributed by atoms with E-state index in [-0.39, 0.29) is 17.8 Å². The number of nitrogens with zero attached hydrogens (tertiary/aromatic N) is 3. The van der Waals surface area contributed by atoms with E-state index in [1.165, 1.54) is 7.11 Å². The first-order valence-electron chi connectivity index (χ1n) is 13.0. The van der Waals surface area contributed by atoms with Crippen molar-refractivity contribution in [3.63, 3.8) is 0 Å². The van der Waals surface area contributed by atoms with Gasteiger partial charge in [-0.15, -0.1) is 0 Å². The van der Waals surface area contributed by atoms with E-state index < -0.39 is 12.1 Å². The van der Waals surface area contributed by atoms with Gasteiger partial charge < -0.3 is 29.7 Å². The number of carbonyl (C=O) groups excluding carboxylic acids is 2. The highest BCUT2D eigenvalue weighted by molar-refractivity contribution is 6.22. The van der Waals surface area contributed by atoms with E-state index in [0.717, 1.165) is 5.56 Å². The van der Waals surface area contributed by atoms with Crippen LogP contribution in [0, 0.1) is 6.92 Å². The summed E-state index contributed by atoms with van der Waals surface area (Å²) in [5.41, 5.74) is 4.59. The molecule has 0 aliphatic carbocycles. The van der Waals surface area contributed by atoms with Gasteiger partial charge in [0.1, 0.15) is 0 Å². The van der Waals surface area contributed by atoms with Gasteiger partial charge in [0, 0.05) is 42.2 Å². The van der Waals surface area contributed by atoms with Crippen LogP contribution < -0.4 is 0 Å². The molecule has 0 bridgehead atoms. The van der Waals surface area contributed by atoms with E-state index in [4.69, 9.17) is 9.73 Å². The molecule has 2 heterocycles. The molecule has 206 valence electrons. The molecule has 0 radical (unpaired) electrons. The number of aliphatic hydroxyl groups excluding tert-OH is 1. The highest BCUT2D eigenvalue weighted by atomic mass is 16.5. The second-order valence-electron chi connectivity index (χ2n) is 10.2. The van der Waals surface area contributed by atoms with Crippen LogP contribution in [0.2, 0.25) is 0 Å². The molecular weight excluding hydrogens is 508 g/mol. The Balaban J connectivity index is 1.54. The third kappa shape index (κ3) is 5.09. The lowest BCUT2D eigenvalue weighted by Gasteiger charge is -2.26. The number of β-amino-alcohol motifs (C(OH)–C–C–N with tert-alkyl or cyclic N) is 1. The fraction of sp³-hybridized carbons (Fsp3) is 0.258. The minimum absolute atomic E-state index is 0.0764. The number of amides is 1. The van der Waals surface area contributed by atoms with Crippen molar-refractivity contribution in [1.29, 1.82) is 0 Å². The van der Waals surface area contributed by atoms with Crippen molar-refractivity contribution in [1.82, 2.24) is 14.8 Å². The van der Waals surface area contributed by atoms with Gasteiger partial charge in [0.15, 0.2) is 5.88 Å². The molecule has 40 heavy (non-hydrogen) atoms. The van der Waals surface area contributed by atoms with Crippen molar-refractivity contribution in [2.24, 2.45) is 4.99 Å². The summed E-state index contributed by atoms with van der Waals surface area (Å²) in [5, 5.41) is 22.1. The Labute approximate surface area is 232 Å². The highest BCUT2D eigenvalue weighted by Crippen LogP contribution is 2.33. The van der Waals surface area contributed by atoms with Crippen LogP contribution in [0.15, 0.2) is 71.7 Å². The molecule has 0 spiro atoms. The quantitative estimate of drug-likeness (QED) is 0.252. The number of aromatic hydroxyl groups is 1. The second kappa shape index (κ2) is 11.0. The maximum Gasteiger partial charge on any atom is 0.338 e. The predicted octanol–water partition coefficient (Wildman–Crippen LogP) is 3.88. The fourth-order valence-corrected chi connectivity index (χ4v) is 5.27. The van der Waals surface area contributed by atoms with Crippen LogP contribution in [0.1, 0.15) is 37.4 Å². The van der Waals surface area contributed by atoms with Gasteiger partial charge in [-0.25, -0.2) is 9.79 Å². The number of aromatic nitrogens is 1. The number of fused-ring (bicyclic) bond motifs is 1. The Kier molecular flexibility index (Phi) is 7.42. The number of aliphatic imine (C=N–C) groups is 1. The standard InChI is InChI=1S/C31H32N4O5/c1-18-14-23-24(15-22(18)31(39)40-4)33-29(37)27(23)28(19-8-6-5-7-9-19)32-21-12-10-20(11-13-21)30(38)35(3)25-16-34(2)17-26(25)36/h5-15,25-26,33,36-37H,16-17H2,1-4H3/t25?,26-/m0/s1. The zero-order valence-electron chi connectivity index (χ0n) is 22.9. The summed E-state index contributed by atoms with van der Waals surface area (Å²) in [6.45, 7) is 2.96. The fourth-order valence-electron chi connectivity index (χ4n) is 5.27. The van der Waals surface area contributed by atoms with Gasteiger partial charge in [0.2, 0.25) is 0 Å². The molecule has 0 saturated carbocycles. The number of likely N-dealkylation sites (N-methyl/N-ethyl adjacent to an activating group) is 2. The van der Waals surface area contributed by atoms with Gasteiger partial charge in [-0.05, 0) is 55.9 Å². The summed E-state index contributed by atoms with van der Waals surface area (Å²) in [6, 6.07) is 19.7. The largest absolute Gasteiger partial charge is 0.494 e. The smallest absolute Gasteiger partial charge is 0.338 e. The van der Waals surface area contributed by atoms with Crippen molar-refractivity contribution < 1.29 is 24.5 Å². The number of nitrogens with one attached hydrogen (secondary N) is 1. The van der Waals surface area contributed by atoms with Crippen molar-refractivity contribution in [2.75, 3.05) is 34.3 Å². The Hall–Kier alpha value is -4.47. The monoisotopic (exact) mass is 540 g/mol. The van der Waals surface area contributed by atoms with E-state index in [2.05, 4.69) is 4.98 Å². The average Bonchev–Trinajstić information content (AvgIpc) is 3.47. The molecule has 1 unspecified atom stereocenters. The van der Waals surface area contributed by atoms with E-state index >= 15 is 0 Å². The average molecular weight is 541 g/mol. The SMILES string of the molecule is COC(=O)c1cc2[nH]c(O)c(C(=Nc3ccc(C(=O)N(C)C4CN(C)C[C@@H]4O)cc3)c3ccccc3)c2cc1C. The van der Waals surface area contributed by atoms with Crippen molar-refractivity contribution in [3.8, 4) is 5.88 Å². The Morgan fingerprint density at radius 2 is 1.75 bits per heavy atom. The number of esters is 1. The summed E-state index contributed by atoms with van der Waals surface area (Å²) < 4.78 is 4.90. The first kappa shape index (κ1) is 27.1. The summed E-state index contributed by atoms with van der Waals surface area (Å²) >= 11 is 0. The second-order valence-corrected chi connectivity index (χ2v) is 10.2. The molecule has 2 atom stereocenters. The van der Waals surface area contributed by atoms with E-state index in [0.29, 0.717) is 57.6 Å². The van der Waals surface area contributed by atoms with Gasteiger partial charge in [-0.3, -0.25) is 4.79 Å². The summed E-state index contributed by atoms with van der Waals surface area (Å²) in [4.78, 5) is 36.8. The number of H-pyrrole nitrogens is 1. The van der Waals surface area contributed by atoms with E-state index in [9.17, 15) is 19.8 Å². The number of carbonyl (C=O) groups is 2. The lowest BCUT2D eigenvalue weighted by atomic mass is 9.98. The van der Waals surface area contributed by atoms with Crippen LogP contribution in [0.3, 0.4) is 0 Å². The molecule has 4 aromatic rings. The van der Waals surface area contributed by atoms with Gasteiger partial charge >= 0.3 is 5.97 Å². The van der Waals surface area contributed by atoms with Crippen LogP contribution in [0.5, 0.6) is 5.88 Å². The molecule has 1 aromatic heterocycles. The molecule has 9 nitrogen and oxygen atoms in total. The summed E-state index contributed by atoms with van der Waals surface area (Å²) in [7, 11) is 4.96. The lowest BCUT2D eigenvalue weighted by Crippen LogP contribution is -2.44. The Bertz CT molecular complexity index is 1590. The molecule has 9 heteroatoms. The van der Waals surface area contributed by atoms with Crippen LogP contribution >= 0.6 is 0 Å². The van der Waals surface area contributed by atoms with Crippen LogP contribution in [-0.2, 0) is 4.74 Å². The Morgan fingerprint density at radius 3 is 2.38 bits per heavy atom. The number of hydrogen-bond donors (Lipinski definition) is 3. The summed E-state index contributed by atoms with van der Waals surface area (Å²) in [5.74, 6) is -0.710. The highest BCUT2D eigenvalue weighted by Gasteiger charge is 2.34. The number of methoxy groups -OCH3 is 1. The third-order valence-corrected chi connectivity index (χ3v) is 7.43. The van der Waals surface area contributed by atoms with Gasteiger partial charge in [0.25, 0.3) is 5.91 Å². The number of aliphatic hydroxyl groups is 1. The number of likely N-dealkylation sites (tertiary alicyclic amines) is 1. The summed E-state index contributed by atoms with van der Waals surface area (Å²) in [6.07, 6.45) is -0.590. The minimum Gasteiger partial charge on any atom is -0.494 e. The van der Waals surface area contributed by atoms with Crippen LogP contribution in [0.25, 0.3) is 10.9 Å². The number of benzene rings is 3. The van der Waals surface area contributed by atoms with Crippen LogP contribution in [-0.4, -0.2) is 89.0 Å². The molecule has 3 N–H and O–H groups in total. The van der Waals surface area contributed by atoms with Crippen molar-refractivity contribution >= 4 is 34.2 Å². The maximum absolute atomic E-state index is 13.1. The number of aryl methyl sites for hydroxylation is 1. The zero-order valence-corrected chi connectivity index (χ0v) is 22.9. The van der Waals surface area contributed by atoms with Gasteiger partial charge in [-0.1, -0.05) is 30.3 Å². The topological polar surface area (TPSA) is 118 Å². The molecule has 1 saturated heterocycles. The third-order valence-electron chi connectivity index (χ3n) is 7.43. The number of ether oxygens (including phenoxy) is 1.